The lowest BCUT2D eigenvalue weighted by atomic mass is 9.81. The maximum Gasteiger partial charge on any atom is 0.223 e. The molecule has 0 spiro atoms. The lowest BCUT2D eigenvalue weighted by Crippen LogP contribution is -2.36. The van der Waals surface area contributed by atoms with Gasteiger partial charge in [-0.25, -0.2) is 4.98 Å². The normalized spacial score (nSPS) is 25.8. The van der Waals surface area contributed by atoms with Gasteiger partial charge in [0.1, 0.15) is 5.82 Å². The molecular formula is C25H34N4O. The smallest absolute Gasteiger partial charge is 0.223 e. The number of aryl methyl sites for hydroxylation is 1. The van der Waals surface area contributed by atoms with Crippen molar-refractivity contribution >= 4 is 5.91 Å². The molecule has 2 bridgehead atoms. The number of fused-ring (bicyclic) bond motifs is 4. The number of H-pyrrole nitrogens is 1. The summed E-state index contributed by atoms with van der Waals surface area (Å²) in [6.07, 6.45) is 15.6. The van der Waals surface area contributed by atoms with Crippen LogP contribution in [0.25, 0.3) is 11.3 Å². The molecule has 1 aromatic carbocycles. The van der Waals surface area contributed by atoms with E-state index in [1.54, 1.807) is 0 Å². The minimum Gasteiger partial charge on any atom is -0.346 e. The van der Waals surface area contributed by atoms with E-state index < -0.39 is 0 Å². The van der Waals surface area contributed by atoms with E-state index in [1.807, 2.05) is 6.20 Å². The third kappa shape index (κ3) is 5.01. The number of amides is 1. The van der Waals surface area contributed by atoms with Crippen LogP contribution in [0.5, 0.6) is 0 Å². The minimum atomic E-state index is -0.123. The fourth-order valence-corrected chi connectivity index (χ4v) is 4.77. The molecule has 1 saturated carbocycles. The molecule has 1 aromatic heterocycles. The maximum atomic E-state index is 13.0. The Hall–Kier alpha value is -2.40. The second-order valence-corrected chi connectivity index (χ2v) is 8.81. The number of nitrogens with two attached hydrogens (primary N) is 1. The van der Waals surface area contributed by atoms with E-state index in [0.717, 1.165) is 63.0 Å². The molecule has 5 heteroatoms. The number of aromatic nitrogens is 2. The van der Waals surface area contributed by atoms with Crippen molar-refractivity contribution in [2.45, 2.75) is 63.8 Å². The van der Waals surface area contributed by atoms with E-state index in [4.69, 9.17) is 5.73 Å². The highest BCUT2D eigenvalue weighted by Crippen LogP contribution is 2.30. The summed E-state index contributed by atoms with van der Waals surface area (Å²) >= 11 is 0. The van der Waals surface area contributed by atoms with Crippen molar-refractivity contribution in [1.29, 1.82) is 0 Å². The predicted octanol–water partition coefficient (Wildman–Crippen LogP) is 4.67. The van der Waals surface area contributed by atoms with Crippen LogP contribution in [0, 0.1) is 11.8 Å². The Morgan fingerprint density at radius 3 is 2.80 bits per heavy atom. The molecule has 2 heterocycles. The molecule has 1 fully saturated rings. The van der Waals surface area contributed by atoms with Gasteiger partial charge >= 0.3 is 0 Å². The number of hydrogen-bond acceptors (Lipinski definition) is 3. The first-order valence-corrected chi connectivity index (χ1v) is 11.5. The van der Waals surface area contributed by atoms with E-state index in [-0.39, 0.29) is 17.9 Å². The summed E-state index contributed by atoms with van der Waals surface area (Å²) in [5.74, 6) is 1.67. The topological polar surface area (TPSA) is 83.8 Å². The number of hydrogen-bond donors (Lipinski definition) is 3. The second-order valence-electron chi connectivity index (χ2n) is 8.81. The lowest BCUT2D eigenvalue weighted by Gasteiger charge is -2.28. The monoisotopic (exact) mass is 406 g/mol. The van der Waals surface area contributed by atoms with Crippen LogP contribution in [-0.2, 0) is 11.2 Å². The van der Waals surface area contributed by atoms with Crippen LogP contribution in [0.15, 0.2) is 42.6 Å². The predicted molar refractivity (Wildman–Crippen MR) is 121 cm³/mol. The standard InChI is InChI=1S/C25H34N4O/c26-16-18-12-14-20(15-13-18)25(30)29-22-11-5-3-1-2-4-8-19-9-6-7-10-21(19)23-17-27-24(22)28-23/h3,5-7,9-10,17-18,20,22H,1-2,4,8,11-16,26H2,(H,27,28)(H,29,30)/b5-3+/t18?,20?,22-/m0/s1. The molecule has 1 atom stereocenters. The summed E-state index contributed by atoms with van der Waals surface area (Å²) < 4.78 is 0. The number of benzene rings is 1. The molecule has 0 saturated heterocycles. The first-order chi connectivity index (χ1) is 14.7. The van der Waals surface area contributed by atoms with Crippen molar-refractivity contribution in [2.75, 3.05) is 6.54 Å². The fraction of sp³-hybridized carbons (Fsp3) is 0.520. The van der Waals surface area contributed by atoms with Gasteiger partial charge in [-0.2, -0.15) is 0 Å². The second kappa shape index (κ2) is 10.1. The van der Waals surface area contributed by atoms with E-state index in [0.29, 0.717) is 5.92 Å². The van der Waals surface area contributed by atoms with Crippen LogP contribution < -0.4 is 11.1 Å². The van der Waals surface area contributed by atoms with Gasteiger partial charge in [0, 0.05) is 11.5 Å². The highest BCUT2D eigenvalue weighted by atomic mass is 16.1. The highest BCUT2D eigenvalue weighted by molar-refractivity contribution is 5.79. The highest BCUT2D eigenvalue weighted by Gasteiger charge is 2.28. The van der Waals surface area contributed by atoms with E-state index >= 15 is 0 Å². The molecule has 2 aromatic rings. The summed E-state index contributed by atoms with van der Waals surface area (Å²) in [5.41, 5.74) is 9.41. The van der Waals surface area contributed by atoms with Gasteiger partial charge in [-0.3, -0.25) is 4.79 Å². The Morgan fingerprint density at radius 1 is 1.13 bits per heavy atom. The van der Waals surface area contributed by atoms with Crippen molar-refractivity contribution in [3.63, 3.8) is 0 Å². The third-order valence-electron chi connectivity index (χ3n) is 6.71. The van der Waals surface area contributed by atoms with Crippen LogP contribution in [0.1, 0.15) is 68.8 Å². The van der Waals surface area contributed by atoms with Crippen LogP contribution in [0.2, 0.25) is 0 Å². The van der Waals surface area contributed by atoms with Crippen LogP contribution in [-0.4, -0.2) is 22.4 Å². The molecule has 1 amide bonds. The summed E-state index contributed by atoms with van der Waals surface area (Å²) in [5, 5.41) is 3.29. The Bertz CT molecular complexity index is 864. The molecule has 30 heavy (non-hydrogen) atoms. The maximum absolute atomic E-state index is 13.0. The average Bonchev–Trinajstić information content (AvgIpc) is 3.27. The van der Waals surface area contributed by atoms with Crippen LogP contribution in [0.4, 0.5) is 0 Å². The zero-order chi connectivity index (χ0) is 20.8. The molecule has 1 aliphatic carbocycles. The first kappa shape index (κ1) is 20.9. The molecular weight excluding hydrogens is 372 g/mol. The lowest BCUT2D eigenvalue weighted by molar-refractivity contribution is -0.127. The molecule has 5 nitrogen and oxygen atoms in total. The van der Waals surface area contributed by atoms with Gasteiger partial charge < -0.3 is 16.0 Å². The fourth-order valence-electron chi connectivity index (χ4n) is 4.77. The summed E-state index contributed by atoms with van der Waals surface area (Å²) in [6, 6.07) is 8.44. The number of carbonyl (C=O) groups is 1. The first-order valence-electron chi connectivity index (χ1n) is 11.5. The molecule has 2 aliphatic rings. The average molecular weight is 407 g/mol. The van der Waals surface area contributed by atoms with Crippen molar-refractivity contribution in [2.24, 2.45) is 17.6 Å². The molecule has 4 N–H and O–H groups in total. The number of nitrogens with one attached hydrogen (secondary N) is 2. The summed E-state index contributed by atoms with van der Waals surface area (Å²) in [6.45, 7) is 0.735. The van der Waals surface area contributed by atoms with E-state index in [1.165, 1.54) is 24.0 Å². The third-order valence-corrected chi connectivity index (χ3v) is 6.71. The quantitative estimate of drug-likeness (QED) is 0.648. The van der Waals surface area contributed by atoms with Gasteiger partial charge in [-0.1, -0.05) is 36.4 Å². The molecule has 160 valence electrons. The van der Waals surface area contributed by atoms with Gasteiger partial charge in [0.15, 0.2) is 0 Å². The van der Waals surface area contributed by atoms with Gasteiger partial charge in [-0.05, 0) is 75.8 Å². The van der Waals surface area contributed by atoms with Gasteiger partial charge in [0.05, 0.1) is 17.9 Å². The molecule has 4 rings (SSSR count). The number of carbonyl (C=O) groups excluding carboxylic acids is 1. The number of nitrogens with zero attached hydrogens (tertiary/aromatic N) is 1. The number of rotatable bonds is 3. The summed E-state index contributed by atoms with van der Waals surface area (Å²) in [7, 11) is 0. The van der Waals surface area contributed by atoms with Gasteiger partial charge in [0.25, 0.3) is 0 Å². The zero-order valence-corrected chi connectivity index (χ0v) is 17.8. The number of aromatic amines is 1. The van der Waals surface area contributed by atoms with Crippen molar-refractivity contribution in [3.8, 4) is 11.3 Å². The van der Waals surface area contributed by atoms with Crippen molar-refractivity contribution < 1.29 is 4.79 Å². The Labute approximate surface area is 179 Å². The van der Waals surface area contributed by atoms with Crippen LogP contribution >= 0.6 is 0 Å². The van der Waals surface area contributed by atoms with Gasteiger partial charge in [0.2, 0.25) is 5.91 Å². The molecule has 0 radical (unpaired) electrons. The molecule has 0 unspecified atom stereocenters. The Balaban J connectivity index is 1.53. The number of allylic oxidation sites excluding steroid dienone is 1. The van der Waals surface area contributed by atoms with E-state index in [9.17, 15) is 4.79 Å². The Kier molecular flexibility index (Phi) is 7.00. The Morgan fingerprint density at radius 2 is 1.97 bits per heavy atom. The summed E-state index contributed by atoms with van der Waals surface area (Å²) in [4.78, 5) is 21.2. The van der Waals surface area contributed by atoms with E-state index in [2.05, 4.69) is 51.7 Å². The minimum absolute atomic E-state index is 0.0940. The van der Waals surface area contributed by atoms with Crippen LogP contribution in [0.3, 0.4) is 0 Å². The largest absolute Gasteiger partial charge is 0.346 e. The van der Waals surface area contributed by atoms with Gasteiger partial charge in [-0.15, -0.1) is 0 Å². The SMILES string of the molecule is NCC1CCC(C(=O)N[C@H]2C/C=C/CCCCc3ccccc3-c3cnc2[nH]3)CC1. The molecule has 1 aliphatic heterocycles. The van der Waals surface area contributed by atoms with Crippen molar-refractivity contribution in [3.05, 3.63) is 54.0 Å². The van der Waals surface area contributed by atoms with Crippen molar-refractivity contribution in [1.82, 2.24) is 15.3 Å². The zero-order valence-electron chi connectivity index (χ0n) is 17.8. The number of imidazole rings is 1.